The van der Waals surface area contributed by atoms with Crippen LogP contribution in [0.5, 0.6) is 0 Å². The molecule has 9 heteroatoms. The monoisotopic (exact) mass is 472 g/mol. The number of alkyl halides is 6. The minimum Gasteiger partial charge on any atom is -0.346 e. The SMILES string of the molecule is CCCCCCCCCC(CCCCc1cc(C(F)(F)F)cc(C(F)(F)F)c1)OC(O)O. The molecule has 0 saturated carbocycles. The first-order valence-corrected chi connectivity index (χ1v) is 11.2. The lowest BCUT2D eigenvalue weighted by molar-refractivity contribution is -0.257. The summed E-state index contributed by atoms with van der Waals surface area (Å²) in [6.07, 6.45) is -0.527. The standard InChI is InChI=1S/C23H34F6O3/c1-2-3-4-5-6-7-8-12-20(32-21(30)31)13-10-9-11-17-14-18(22(24,25)26)16-19(15-17)23(27,28)29/h14-16,20-21,30-31H,2-13H2,1H3. The fourth-order valence-corrected chi connectivity index (χ4v) is 3.65. The molecule has 0 amide bonds. The van der Waals surface area contributed by atoms with Crippen molar-refractivity contribution in [1.29, 1.82) is 0 Å². The highest BCUT2D eigenvalue weighted by Gasteiger charge is 2.36. The first-order chi connectivity index (χ1) is 14.9. The van der Waals surface area contributed by atoms with Gasteiger partial charge in [-0.15, -0.1) is 0 Å². The van der Waals surface area contributed by atoms with Crippen LogP contribution in [0.2, 0.25) is 0 Å². The minimum atomic E-state index is -4.86. The summed E-state index contributed by atoms with van der Waals surface area (Å²) in [5.74, 6) is 0. The third-order valence-electron chi connectivity index (χ3n) is 5.33. The number of unbranched alkanes of at least 4 members (excludes halogenated alkanes) is 7. The molecule has 0 aliphatic heterocycles. The first-order valence-electron chi connectivity index (χ1n) is 11.2. The molecule has 1 rings (SSSR count). The largest absolute Gasteiger partial charge is 0.416 e. The second-order valence-electron chi connectivity index (χ2n) is 8.15. The van der Waals surface area contributed by atoms with Gasteiger partial charge >= 0.3 is 12.4 Å². The summed E-state index contributed by atoms with van der Waals surface area (Å²) in [6, 6.07) is 1.62. The Morgan fingerprint density at radius 2 is 1.19 bits per heavy atom. The molecule has 1 aromatic carbocycles. The predicted octanol–water partition coefficient (Wildman–Crippen LogP) is 7.23. The van der Waals surface area contributed by atoms with E-state index in [0.29, 0.717) is 25.7 Å². The maximum atomic E-state index is 13.0. The summed E-state index contributed by atoms with van der Waals surface area (Å²) >= 11 is 0. The van der Waals surface area contributed by atoms with Crippen LogP contribution in [-0.2, 0) is 23.5 Å². The fourth-order valence-electron chi connectivity index (χ4n) is 3.65. The molecule has 32 heavy (non-hydrogen) atoms. The second-order valence-corrected chi connectivity index (χ2v) is 8.15. The summed E-state index contributed by atoms with van der Waals surface area (Å²) in [4.78, 5) is 0. The number of aryl methyl sites for hydroxylation is 1. The van der Waals surface area contributed by atoms with E-state index in [1.807, 2.05) is 0 Å². The van der Waals surface area contributed by atoms with Crippen LogP contribution in [-0.4, -0.2) is 22.8 Å². The molecule has 0 radical (unpaired) electrons. The topological polar surface area (TPSA) is 49.7 Å². The number of aliphatic hydroxyl groups excluding tert-OH is 1. The molecule has 0 aliphatic rings. The van der Waals surface area contributed by atoms with E-state index in [9.17, 15) is 26.3 Å². The van der Waals surface area contributed by atoms with Gasteiger partial charge in [-0.1, -0.05) is 58.3 Å². The Balaban J connectivity index is 2.55. The zero-order valence-electron chi connectivity index (χ0n) is 18.4. The molecule has 1 atom stereocenters. The van der Waals surface area contributed by atoms with Crippen molar-refractivity contribution in [3.63, 3.8) is 0 Å². The van der Waals surface area contributed by atoms with Crippen molar-refractivity contribution in [1.82, 2.24) is 0 Å². The molecule has 0 saturated heterocycles. The van der Waals surface area contributed by atoms with Gasteiger partial charge in [-0.2, -0.15) is 26.3 Å². The zero-order chi connectivity index (χ0) is 24.2. The molecule has 3 nitrogen and oxygen atoms in total. The molecule has 1 unspecified atom stereocenters. The van der Waals surface area contributed by atoms with Crippen molar-refractivity contribution < 1.29 is 41.3 Å². The van der Waals surface area contributed by atoms with E-state index in [-0.39, 0.29) is 18.1 Å². The van der Waals surface area contributed by atoms with Crippen molar-refractivity contribution in [2.45, 2.75) is 109 Å². The van der Waals surface area contributed by atoms with E-state index >= 15 is 0 Å². The summed E-state index contributed by atoms with van der Waals surface area (Å²) in [6.45, 7) is 0.229. The Morgan fingerprint density at radius 3 is 1.66 bits per heavy atom. The van der Waals surface area contributed by atoms with Crippen LogP contribution in [0.15, 0.2) is 18.2 Å². The van der Waals surface area contributed by atoms with Gasteiger partial charge in [0.1, 0.15) is 0 Å². The van der Waals surface area contributed by atoms with Gasteiger partial charge in [0.25, 0.3) is 6.48 Å². The van der Waals surface area contributed by atoms with Gasteiger partial charge < -0.3 is 14.9 Å². The van der Waals surface area contributed by atoms with Crippen LogP contribution in [0.25, 0.3) is 0 Å². The molecule has 0 fully saturated rings. The predicted molar refractivity (Wildman–Crippen MR) is 110 cm³/mol. The molecule has 186 valence electrons. The number of aliphatic hydroxyl groups is 2. The highest BCUT2D eigenvalue weighted by molar-refractivity contribution is 5.33. The van der Waals surface area contributed by atoms with Crippen LogP contribution >= 0.6 is 0 Å². The number of hydrogen-bond donors (Lipinski definition) is 2. The van der Waals surface area contributed by atoms with Crippen molar-refractivity contribution in [3.8, 4) is 0 Å². The fraction of sp³-hybridized carbons (Fsp3) is 0.739. The van der Waals surface area contributed by atoms with Crippen LogP contribution in [0.3, 0.4) is 0 Å². The van der Waals surface area contributed by atoms with Crippen LogP contribution in [0.1, 0.15) is 94.2 Å². The van der Waals surface area contributed by atoms with E-state index in [4.69, 9.17) is 14.9 Å². The highest BCUT2D eigenvalue weighted by Crippen LogP contribution is 2.36. The van der Waals surface area contributed by atoms with E-state index in [1.165, 1.54) is 19.3 Å². The molecule has 0 bridgehead atoms. The van der Waals surface area contributed by atoms with Gasteiger partial charge in [0.15, 0.2) is 0 Å². The van der Waals surface area contributed by atoms with Crippen LogP contribution in [0, 0.1) is 0 Å². The normalized spacial score (nSPS) is 13.7. The lowest BCUT2D eigenvalue weighted by atomic mass is 9.98. The van der Waals surface area contributed by atoms with E-state index in [0.717, 1.165) is 37.8 Å². The third-order valence-corrected chi connectivity index (χ3v) is 5.33. The molecule has 2 N–H and O–H groups in total. The number of ether oxygens (including phenoxy) is 1. The van der Waals surface area contributed by atoms with E-state index < -0.39 is 36.1 Å². The molecule has 0 aromatic heterocycles. The van der Waals surface area contributed by atoms with E-state index in [1.54, 1.807) is 0 Å². The van der Waals surface area contributed by atoms with Gasteiger partial charge in [0.05, 0.1) is 17.2 Å². The molecule has 0 heterocycles. The van der Waals surface area contributed by atoms with Crippen molar-refractivity contribution in [2.75, 3.05) is 0 Å². The summed E-state index contributed by atoms with van der Waals surface area (Å²) < 4.78 is 82.8. The summed E-state index contributed by atoms with van der Waals surface area (Å²) in [5.41, 5.74) is -2.66. The number of rotatable bonds is 15. The first kappa shape index (κ1) is 28.7. The van der Waals surface area contributed by atoms with Crippen molar-refractivity contribution in [2.24, 2.45) is 0 Å². The van der Waals surface area contributed by atoms with Crippen molar-refractivity contribution in [3.05, 3.63) is 34.9 Å². The molecule has 0 spiro atoms. The van der Waals surface area contributed by atoms with Crippen LogP contribution < -0.4 is 0 Å². The Morgan fingerprint density at radius 1 is 0.719 bits per heavy atom. The Bertz CT molecular complexity index is 611. The van der Waals surface area contributed by atoms with Crippen LogP contribution in [0.4, 0.5) is 26.3 Å². The Hall–Kier alpha value is -1.32. The molecular formula is C23H34F6O3. The lowest BCUT2D eigenvalue weighted by Gasteiger charge is -2.19. The second kappa shape index (κ2) is 14.1. The van der Waals surface area contributed by atoms with Gasteiger partial charge in [-0.3, -0.25) is 0 Å². The molecule has 1 aromatic rings. The maximum Gasteiger partial charge on any atom is 0.416 e. The van der Waals surface area contributed by atoms with E-state index in [2.05, 4.69) is 6.92 Å². The molecule has 0 aliphatic carbocycles. The summed E-state index contributed by atoms with van der Waals surface area (Å²) in [7, 11) is 0. The zero-order valence-corrected chi connectivity index (χ0v) is 18.4. The average molecular weight is 473 g/mol. The quantitative estimate of drug-likeness (QED) is 0.161. The van der Waals surface area contributed by atoms with Crippen molar-refractivity contribution >= 4 is 0 Å². The lowest BCUT2D eigenvalue weighted by Crippen LogP contribution is -2.21. The third kappa shape index (κ3) is 12.1. The highest BCUT2D eigenvalue weighted by atomic mass is 19.4. The van der Waals surface area contributed by atoms with Gasteiger partial charge in [-0.05, 0) is 49.4 Å². The van der Waals surface area contributed by atoms with Gasteiger partial charge in [0.2, 0.25) is 0 Å². The number of hydrogen-bond acceptors (Lipinski definition) is 3. The number of halogens is 6. The maximum absolute atomic E-state index is 13.0. The Labute approximate surface area is 185 Å². The molecular weight excluding hydrogens is 438 g/mol. The average Bonchev–Trinajstić information content (AvgIpc) is 2.68. The van der Waals surface area contributed by atoms with Gasteiger partial charge in [-0.25, -0.2) is 0 Å². The number of benzene rings is 1. The smallest absolute Gasteiger partial charge is 0.346 e. The summed E-state index contributed by atoms with van der Waals surface area (Å²) in [5, 5.41) is 18.2. The Kier molecular flexibility index (Phi) is 12.6. The van der Waals surface area contributed by atoms with Gasteiger partial charge in [0, 0.05) is 0 Å². The minimum absolute atomic E-state index is 0.0288.